The normalized spacial score (nSPS) is 14.2. The lowest BCUT2D eigenvalue weighted by Crippen LogP contribution is -2.38. The van der Waals surface area contributed by atoms with E-state index in [1.165, 1.54) is 5.56 Å². The number of hydrogen-bond acceptors (Lipinski definition) is 3. The van der Waals surface area contributed by atoms with Gasteiger partial charge in [-0.3, -0.25) is 18.7 Å². The average Bonchev–Trinajstić information content (AvgIpc) is 3.22. The molecular formula is C23H21BrN4O. The van der Waals surface area contributed by atoms with Gasteiger partial charge in [0.05, 0.1) is 12.1 Å². The van der Waals surface area contributed by atoms with Crippen molar-refractivity contribution in [2.45, 2.75) is 26.1 Å². The number of rotatable bonds is 4. The van der Waals surface area contributed by atoms with Gasteiger partial charge >= 0.3 is 0 Å². The van der Waals surface area contributed by atoms with Crippen LogP contribution in [0.25, 0.3) is 5.78 Å². The Morgan fingerprint density at radius 1 is 1.00 bits per heavy atom. The first-order chi connectivity index (χ1) is 14.2. The number of aromatic nitrogens is 3. The highest BCUT2D eigenvalue weighted by atomic mass is 79.9. The number of hydrogen-bond donors (Lipinski definition) is 0. The zero-order chi connectivity index (χ0) is 19.8. The minimum Gasteiger partial charge on any atom is -0.294 e. The van der Waals surface area contributed by atoms with Crippen molar-refractivity contribution in [3.63, 3.8) is 0 Å². The van der Waals surface area contributed by atoms with Crippen LogP contribution >= 0.6 is 15.9 Å². The molecule has 0 aliphatic carbocycles. The van der Waals surface area contributed by atoms with Gasteiger partial charge in [-0.1, -0.05) is 58.4 Å². The van der Waals surface area contributed by atoms with Gasteiger partial charge in [-0.2, -0.15) is 0 Å². The summed E-state index contributed by atoms with van der Waals surface area (Å²) in [6.45, 7) is 2.94. The van der Waals surface area contributed by atoms with Crippen LogP contribution in [-0.2, 0) is 26.1 Å². The monoisotopic (exact) mass is 448 g/mol. The molecule has 6 heteroatoms. The van der Waals surface area contributed by atoms with Crippen LogP contribution in [0.1, 0.15) is 22.4 Å². The molecular weight excluding hydrogens is 428 g/mol. The lowest BCUT2D eigenvalue weighted by molar-refractivity contribution is 0.240. The molecule has 0 unspecified atom stereocenters. The highest BCUT2D eigenvalue weighted by Crippen LogP contribution is 2.21. The van der Waals surface area contributed by atoms with Gasteiger partial charge in [-0.05, 0) is 23.3 Å². The third-order valence-corrected chi connectivity index (χ3v) is 6.02. The molecule has 0 N–H and O–H groups in total. The van der Waals surface area contributed by atoms with Crippen molar-refractivity contribution < 1.29 is 0 Å². The topological polar surface area (TPSA) is 42.5 Å². The van der Waals surface area contributed by atoms with E-state index in [-0.39, 0.29) is 5.56 Å². The van der Waals surface area contributed by atoms with E-state index in [0.29, 0.717) is 13.1 Å². The van der Waals surface area contributed by atoms with E-state index in [2.05, 4.69) is 48.4 Å². The number of nitrogens with zero attached hydrogens (tertiary/aromatic N) is 4. The Kier molecular flexibility index (Phi) is 4.81. The molecule has 0 atom stereocenters. The molecule has 0 spiro atoms. The van der Waals surface area contributed by atoms with E-state index in [9.17, 15) is 4.79 Å². The summed E-state index contributed by atoms with van der Waals surface area (Å²) in [6.07, 6.45) is 4.60. The summed E-state index contributed by atoms with van der Waals surface area (Å²) in [5, 5.41) is 0. The van der Waals surface area contributed by atoms with Crippen molar-refractivity contribution >= 4 is 21.7 Å². The van der Waals surface area contributed by atoms with Crippen LogP contribution in [-0.4, -0.2) is 25.4 Å². The largest absolute Gasteiger partial charge is 0.294 e. The summed E-state index contributed by atoms with van der Waals surface area (Å²) in [5.74, 6) is 0.720. The summed E-state index contributed by atoms with van der Waals surface area (Å²) >= 11 is 3.55. The third-order valence-electron chi connectivity index (χ3n) is 5.53. The first-order valence-electron chi connectivity index (χ1n) is 9.77. The fraction of sp³-hybridized carbons (Fsp3) is 0.217. The molecule has 0 bridgehead atoms. The zero-order valence-corrected chi connectivity index (χ0v) is 17.5. The molecule has 4 aromatic rings. The maximum absolute atomic E-state index is 13.5. The van der Waals surface area contributed by atoms with Crippen molar-refractivity contribution in [3.05, 3.63) is 104 Å². The number of halogens is 1. The van der Waals surface area contributed by atoms with Gasteiger partial charge in [0.1, 0.15) is 0 Å². The standard InChI is InChI=1S/C23H21BrN4O/c24-19-8-4-7-18(13-19)14-26-11-9-21-20(16-26)22(29)28(23-25-10-12-27(21)23)15-17-5-2-1-3-6-17/h1-8,10,12-13H,9,11,14-16H2. The zero-order valence-electron chi connectivity index (χ0n) is 16.0. The lowest BCUT2D eigenvalue weighted by Gasteiger charge is -2.29. The second-order valence-electron chi connectivity index (χ2n) is 7.49. The maximum atomic E-state index is 13.5. The number of benzene rings is 2. The minimum atomic E-state index is 0.0708. The first-order valence-corrected chi connectivity index (χ1v) is 10.6. The quantitative estimate of drug-likeness (QED) is 0.475. The third kappa shape index (κ3) is 3.54. The molecule has 2 aromatic heterocycles. The van der Waals surface area contributed by atoms with Crippen molar-refractivity contribution in [2.75, 3.05) is 6.54 Å². The van der Waals surface area contributed by atoms with E-state index >= 15 is 0 Å². The van der Waals surface area contributed by atoms with Crippen LogP contribution in [0, 0.1) is 0 Å². The first kappa shape index (κ1) is 18.3. The van der Waals surface area contributed by atoms with Gasteiger partial charge < -0.3 is 0 Å². The molecule has 0 saturated carbocycles. The van der Waals surface area contributed by atoms with E-state index in [1.54, 1.807) is 10.8 Å². The van der Waals surface area contributed by atoms with Gasteiger partial charge in [0, 0.05) is 48.6 Å². The van der Waals surface area contributed by atoms with E-state index in [1.807, 2.05) is 42.6 Å². The van der Waals surface area contributed by atoms with Gasteiger partial charge in [0.25, 0.3) is 5.56 Å². The molecule has 0 amide bonds. The Bertz CT molecular complexity index is 1230. The molecule has 29 heavy (non-hydrogen) atoms. The summed E-state index contributed by atoms with van der Waals surface area (Å²) in [6, 6.07) is 18.4. The van der Waals surface area contributed by atoms with Crippen LogP contribution in [0.2, 0.25) is 0 Å². The van der Waals surface area contributed by atoms with Crippen molar-refractivity contribution in [1.29, 1.82) is 0 Å². The predicted octanol–water partition coefficient (Wildman–Crippen LogP) is 3.87. The van der Waals surface area contributed by atoms with Gasteiger partial charge in [0.2, 0.25) is 5.78 Å². The van der Waals surface area contributed by atoms with Crippen molar-refractivity contribution in [1.82, 2.24) is 18.9 Å². The average molecular weight is 449 g/mol. The van der Waals surface area contributed by atoms with Crippen molar-refractivity contribution in [3.8, 4) is 0 Å². The highest BCUT2D eigenvalue weighted by molar-refractivity contribution is 9.10. The van der Waals surface area contributed by atoms with E-state index in [0.717, 1.165) is 46.6 Å². The van der Waals surface area contributed by atoms with Gasteiger partial charge in [-0.15, -0.1) is 0 Å². The lowest BCUT2D eigenvalue weighted by atomic mass is 10.1. The fourth-order valence-corrected chi connectivity index (χ4v) is 4.61. The molecule has 5 rings (SSSR count). The molecule has 0 radical (unpaired) electrons. The van der Waals surface area contributed by atoms with Gasteiger partial charge in [-0.25, -0.2) is 4.98 Å². The van der Waals surface area contributed by atoms with Crippen LogP contribution in [0.3, 0.4) is 0 Å². The molecule has 5 nitrogen and oxygen atoms in total. The number of imidazole rings is 1. The van der Waals surface area contributed by atoms with Crippen LogP contribution in [0.4, 0.5) is 0 Å². The molecule has 146 valence electrons. The molecule has 1 aliphatic heterocycles. The molecule has 0 fully saturated rings. The minimum absolute atomic E-state index is 0.0708. The van der Waals surface area contributed by atoms with Crippen LogP contribution < -0.4 is 5.56 Å². The molecule has 3 heterocycles. The van der Waals surface area contributed by atoms with E-state index < -0.39 is 0 Å². The Balaban J connectivity index is 1.52. The predicted molar refractivity (Wildman–Crippen MR) is 117 cm³/mol. The van der Waals surface area contributed by atoms with Crippen molar-refractivity contribution in [2.24, 2.45) is 0 Å². The second kappa shape index (κ2) is 7.61. The SMILES string of the molecule is O=c1c2c(n3ccnc3n1Cc1ccccc1)CCN(Cc1cccc(Br)c1)C2. The smallest absolute Gasteiger partial charge is 0.259 e. The van der Waals surface area contributed by atoms with Crippen LogP contribution in [0.5, 0.6) is 0 Å². The second-order valence-corrected chi connectivity index (χ2v) is 8.41. The fourth-order valence-electron chi connectivity index (χ4n) is 4.16. The highest BCUT2D eigenvalue weighted by Gasteiger charge is 2.24. The molecule has 0 saturated heterocycles. The van der Waals surface area contributed by atoms with E-state index in [4.69, 9.17) is 0 Å². The Labute approximate surface area is 177 Å². The Morgan fingerprint density at radius 3 is 2.66 bits per heavy atom. The van der Waals surface area contributed by atoms with Crippen LogP contribution in [0.15, 0.2) is 76.3 Å². The molecule has 2 aromatic carbocycles. The maximum Gasteiger partial charge on any atom is 0.259 e. The number of fused-ring (bicyclic) bond motifs is 3. The Hall–Kier alpha value is -2.70. The summed E-state index contributed by atoms with van der Waals surface area (Å²) in [7, 11) is 0. The summed E-state index contributed by atoms with van der Waals surface area (Å²) in [4.78, 5) is 20.3. The summed E-state index contributed by atoms with van der Waals surface area (Å²) < 4.78 is 4.98. The summed E-state index contributed by atoms with van der Waals surface area (Å²) in [5.41, 5.74) is 4.39. The Morgan fingerprint density at radius 2 is 1.83 bits per heavy atom. The van der Waals surface area contributed by atoms with Gasteiger partial charge in [0.15, 0.2) is 0 Å². The molecule has 1 aliphatic rings.